The van der Waals surface area contributed by atoms with Gasteiger partial charge in [0.25, 0.3) is 11.5 Å². The molecule has 1 spiro atoms. The van der Waals surface area contributed by atoms with Crippen molar-refractivity contribution in [2.24, 2.45) is 12.5 Å². The first-order valence-electron chi connectivity index (χ1n) is 15.3. The van der Waals surface area contributed by atoms with Crippen molar-refractivity contribution < 1.29 is 23.1 Å². The second-order valence-electron chi connectivity index (χ2n) is 12.6. The highest BCUT2D eigenvalue weighted by Gasteiger charge is 2.55. The lowest BCUT2D eigenvalue weighted by Crippen LogP contribution is -2.72. The Bertz CT molecular complexity index is 2080. The number of hydrogen-bond donors (Lipinski definition) is 1. The Morgan fingerprint density at radius 1 is 1.02 bits per heavy atom. The van der Waals surface area contributed by atoms with Gasteiger partial charge in [-0.15, -0.1) is 0 Å². The molecule has 7 rings (SSSR count). The number of fused-ring (bicyclic) bond motifs is 1. The van der Waals surface area contributed by atoms with E-state index in [4.69, 9.17) is 32.9 Å². The fraction of sp³-hybridized carbons (Fsp3) is 0.324. The summed E-state index contributed by atoms with van der Waals surface area (Å²) < 4.78 is 37.8. The summed E-state index contributed by atoms with van der Waals surface area (Å²) in [6.45, 7) is 4.94. The van der Waals surface area contributed by atoms with E-state index in [9.17, 15) is 14.4 Å². The van der Waals surface area contributed by atoms with Crippen LogP contribution < -0.4 is 15.6 Å². The molecule has 0 radical (unpaired) electrons. The number of carbonyl (C=O) groups excluding carboxylic acids is 2. The molecule has 2 aliphatic heterocycles. The summed E-state index contributed by atoms with van der Waals surface area (Å²) in [5.74, 6) is -1.98. The number of aromatic nitrogens is 3. The van der Waals surface area contributed by atoms with E-state index in [1.54, 1.807) is 14.0 Å². The highest BCUT2D eigenvalue weighted by molar-refractivity contribution is 6.39. The molecule has 48 heavy (non-hydrogen) atoms. The monoisotopic (exact) mass is 694 g/mol. The van der Waals surface area contributed by atoms with Gasteiger partial charge in [0.2, 0.25) is 11.8 Å². The van der Waals surface area contributed by atoms with Gasteiger partial charge in [-0.1, -0.05) is 23.2 Å². The van der Waals surface area contributed by atoms with Gasteiger partial charge in [-0.25, -0.2) is 18.4 Å². The minimum Gasteiger partial charge on any atom is -0.481 e. The molecule has 2 aromatic heterocycles. The van der Waals surface area contributed by atoms with Crippen molar-refractivity contribution in [3.63, 3.8) is 0 Å². The summed E-state index contributed by atoms with van der Waals surface area (Å²) in [4.78, 5) is 46.1. The zero-order valence-corrected chi connectivity index (χ0v) is 27.8. The Morgan fingerprint density at radius 2 is 1.71 bits per heavy atom. The molecule has 1 unspecified atom stereocenters. The third-order valence-corrected chi connectivity index (χ3v) is 10.3. The molecule has 2 aromatic carbocycles. The van der Waals surface area contributed by atoms with E-state index < -0.39 is 23.1 Å². The second kappa shape index (κ2) is 11.9. The molecule has 2 fully saturated rings. The van der Waals surface area contributed by atoms with E-state index in [0.717, 1.165) is 67.0 Å². The van der Waals surface area contributed by atoms with Crippen LogP contribution in [0.1, 0.15) is 40.9 Å². The van der Waals surface area contributed by atoms with Crippen LogP contribution in [0.4, 0.5) is 14.5 Å². The number of ether oxygens (including phenoxy) is 1. The molecule has 0 bridgehead atoms. The summed E-state index contributed by atoms with van der Waals surface area (Å²) in [5.41, 5.74) is 1.36. The van der Waals surface area contributed by atoms with Crippen molar-refractivity contribution in [2.45, 2.75) is 25.8 Å². The van der Waals surface area contributed by atoms with Crippen LogP contribution in [0, 0.1) is 17.0 Å². The number of likely N-dealkylation sites (tertiary alicyclic amines) is 2. The number of benzene rings is 2. The van der Waals surface area contributed by atoms with Crippen LogP contribution in [0.3, 0.4) is 0 Å². The molecule has 0 saturated carbocycles. The standard InChI is InChI=1S/C34H30Cl2F2N6O4/c1-17(45)43-13-34(14-43)15-44(16-34)25-9-4-18-12-24(41-32(48-3)26(18)25)19-5-6-21(37)27(29(19)35)28-22(38)7-8-23(30(28)36)40-31(46)20-10-11-39-42(2)33(20)47/h5-8,10-12,25H,4,9,13-16H2,1-3H3,(H,40,46). The fourth-order valence-electron chi connectivity index (χ4n) is 7.19. The topological polar surface area (TPSA) is 110 Å². The van der Waals surface area contributed by atoms with Crippen molar-refractivity contribution in [2.75, 3.05) is 38.6 Å². The third kappa shape index (κ3) is 5.22. The number of amides is 2. The van der Waals surface area contributed by atoms with Gasteiger partial charge in [-0.2, -0.15) is 5.10 Å². The Kier molecular flexibility index (Phi) is 8.00. The number of hydrogen-bond acceptors (Lipinski definition) is 7. The number of rotatable bonds is 6. The molecule has 14 heteroatoms. The zero-order valence-electron chi connectivity index (χ0n) is 26.2. The van der Waals surface area contributed by atoms with Crippen LogP contribution in [0.2, 0.25) is 10.0 Å². The Morgan fingerprint density at radius 3 is 2.40 bits per heavy atom. The molecule has 1 aliphatic carbocycles. The first kappa shape index (κ1) is 32.2. The molecule has 1 atom stereocenters. The minimum atomic E-state index is -0.872. The normalized spacial score (nSPS) is 17.9. The Balaban J connectivity index is 1.21. The third-order valence-electron chi connectivity index (χ3n) is 9.55. The summed E-state index contributed by atoms with van der Waals surface area (Å²) in [6, 6.07) is 8.13. The molecule has 10 nitrogen and oxygen atoms in total. The van der Waals surface area contributed by atoms with Crippen LogP contribution in [0.5, 0.6) is 5.88 Å². The predicted molar refractivity (Wildman–Crippen MR) is 176 cm³/mol. The first-order chi connectivity index (χ1) is 22.9. The van der Waals surface area contributed by atoms with Gasteiger partial charge >= 0.3 is 0 Å². The lowest BCUT2D eigenvalue weighted by molar-refractivity contribution is -0.161. The number of methoxy groups -OCH3 is 1. The highest BCUT2D eigenvalue weighted by Crippen LogP contribution is 2.50. The van der Waals surface area contributed by atoms with E-state index >= 15 is 8.78 Å². The van der Waals surface area contributed by atoms with Crippen LogP contribution in [-0.2, 0) is 18.3 Å². The van der Waals surface area contributed by atoms with Gasteiger partial charge in [0.15, 0.2) is 0 Å². The quantitative estimate of drug-likeness (QED) is 0.284. The number of nitrogens with zero attached hydrogens (tertiary/aromatic N) is 5. The SMILES string of the molecule is COc1nc(-c2ccc(F)c(-c3c(F)ccc(NC(=O)c4ccnn(C)c4=O)c3Cl)c2Cl)cc2c1C(N1CC3(CN(C(C)=O)C3)C1)CC2. The number of carbonyl (C=O) groups is 2. The fourth-order valence-corrected chi connectivity index (χ4v) is 7.83. The zero-order chi connectivity index (χ0) is 34.1. The van der Waals surface area contributed by atoms with E-state index in [2.05, 4.69) is 15.3 Å². The summed E-state index contributed by atoms with van der Waals surface area (Å²) in [7, 11) is 2.94. The number of anilines is 1. The average Bonchev–Trinajstić information content (AvgIpc) is 3.43. The van der Waals surface area contributed by atoms with E-state index in [0.29, 0.717) is 17.1 Å². The molecule has 4 heterocycles. The maximum atomic E-state index is 15.5. The van der Waals surface area contributed by atoms with E-state index in [-0.39, 0.29) is 49.8 Å². The maximum Gasteiger partial charge on any atom is 0.279 e. The lowest BCUT2D eigenvalue weighted by Gasteiger charge is -2.61. The largest absolute Gasteiger partial charge is 0.481 e. The number of halogens is 4. The summed E-state index contributed by atoms with van der Waals surface area (Å²) in [5, 5.41) is 5.87. The smallest absolute Gasteiger partial charge is 0.279 e. The van der Waals surface area contributed by atoms with Crippen LogP contribution in [0.25, 0.3) is 22.4 Å². The Hall–Kier alpha value is -4.39. The molecule has 2 saturated heterocycles. The highest BCUT2D eigenvalue weighted by atomic mass is 35.5. The lowest BCUT2D eigenvalue weighted by atomic mass is 9.72. The van der Waals surface area contributed by atoms with Gasteiger partial charge in [0.1, 0.15) is 17.2 Å². The molecule has 248 valence electrons. The van der Waals surface area contributed by atoms with E-state index in [1.165, 1.54) is 31.4 Å². The van der Waals surface area contributed by atoms with Gasteiger partial charge in [-0.3, -0.25) is 19.3 Å². The minimum absolute atomic E-state index is 0.0511. The maximum absolute atomic E-state index is 15.5. The number of nitrogens with one attached hydrogen (secondary N) is 1. The predicted octanol–water partition coefficient (Wildman–Crippen LogP) is 5.51. The van der Waals surface area contributed by atoms with Gasteiger partial charge in [-0.05, 0) is 54.8 Å². The van der Waals surface area contributed by atoms with Crippen LogP contribution >= 0.6 is 23.2 Å². The van der Waals surface area contributed by atoms with Gasteiger partial charge < -0.3 is 15.0 Å². The first-order valence-corrected chi connectivity index (χ1v) is 16.0. The van der Waals surface area contributed by atoms with Crippen LogP contribution in [-0.4, -0.2) is 69.7 Å². The molecule has 4 aromatic rings. The number of aryl methyl sites for hydroxylation is 2. The molecule has 1 N–H and O–H groups in total. The van der Waals surface area contributed by atoms with Crippen molar-refractivity contribution in [1.82, 2.24) is 24.6 Å². The molecular weight excluding hydrogens is 665 g/mol. The second-order valence-corrected chi connectivity index (χ2v) is 13.4. The van der Waals surface area contributed by atoms with Gasteiger partial charge in [0.05, 0.1) is 28.5 Å². The summed E-state index contributed by atoms with van der Waals surface area (Å²) in [6.07, 6.45) is 2.93. The Labute approximate surface area is 284 Å². The average molecular weight is 696 g/mol. The molecular formula is C34H30Cl2F2N6O4. The van der Waals surface area contributed by atoms with Crippen molar-refractivity contribution in [1.29, 1.82) is 0 Å². The van der Waals surface area contributed by atoms with Gasteiger partial charge in [0, 0.05) is 80.1 Å². The molecule has 3 aliphatic rings. The van der Waals surface area contributed by atoms with Crippen molar-refractivity contribution in [3.05, 3.63) is 91.3 Å². The molecule has 2 amide bonds. The van der Waals surface area contributed by atoms with Crippen molar-refractivity contribution in [3.8, 4) is 28.3 Å². The summed E-state index contributed by atoms with van der Waals surface area (Å²) >= 11 is 13.4. The number of pyridine rings is 1. The van der Waals surface area contributed by atoms with Crippen LogP contribution in [0.15, 0.2) is 47.4 Å². The van der Waals surface area contributed by atoms with Crippen molar-refractivity contribution >= 4 is 40.7 Å². The van der Waals surface area contributed by atoms with E-state index in [1.807, 2.05) is 11.0 Å².